The second-order valence-electron chi connectivity index (χ2n) is 1.10. The first-order valence-electron chi connectivity index (χ1n) is 1.85. The fourth-order valence-corrected chi connectivity index (χ4v) is 0.361. The van der Waals surface area contributed by atoms with Crippen LogP contribution in [0.4, 0.5) is 0 Å². The van der Waals surface area contributed by atoms with Gasteiger partial charge in [-0.1, -0.05) is 0 Å². The predicted octanol–water partition coefficient (Wildman–Crippen LogP) is 0.0733. The second-order valence-corrected chi connectivity index (χ2v) is 1.10. The summed E-state index contributed by atoms with van der Waals surface area (Å²) in [5.74, 6) is 0. The summed E-state index contributed by atoms with van der Waals surface area (Å²) in [6.07, 6.45) is 1.17. The third-order valence-electron chi connectivity index (χ3n) is 0.627. The first-order valence-corrected chi connectivity index (χ1v) is 1.85. The van der Waals surface area contributed by atoms with Gasteiger partial charge in [0.05, 0.1) is 6.61 Å². The highest BCUT2D eigenvalue weighted by Gasteiger charge is 1.93. The summed E-state index contributed by atoms with van der Waals surface area (Å²) in [6, 6.07) is 0. The van der Waals surface area contributed by atoms with E-state index in [1.807, 2.05) is 0 Å². The van der Waals surface area contributed by atoms with Gasteiger partial charge in [-0.25, -0.2) is 5.48 Å². The van der Waals surface area contributed by atoms with Crippen molar-refractivity contribution in [2.75, 3.05) is 13.2 Å². The van der Waals surface area contributed by atoms with Crippen LogP contribution in [0, 0.1) is 0 Å². The molecule has 1 fully saturated rings. The minimum absolute atomic E-state index is 0. The van der Waals surface area contributed by atoms with Gasteiger partial charge in [0.1, 0.15) is 0 Å². The average Bonchev–Trinajstić information content (AvgIpc) is 1.76. The Morgan fingerprint density at radius 1 is 1.50 bits per heavy atom. The van der Waals surface area contributed by atoms with Gasteiger partial charge in [-0.05, 0) is 6.42 Å². The maximum Gasteiger partial charge on any atom is 0.0695 e. The number of hydrogen-bond acceptors (Lipinski definition) is 3. The van der Waals surface area contributed by atoms with E-state index in [1.165, 1.54) is 6.42 Å². The molecule has 0 atom stereocenters. The summed E-state index contributed by atoms with van der Waals surface area (Å²) in [6.45, 7) is 1.92. The van der Waals surface area contributed by atoms with Gasteiger partial charge in [0.15, 0.2) is 0 Å². The van der Waals surface area contributed by atoms with Crippen LogP contribution in [0.1, 0.15) is 6.42 Å². The minimum atomic E-state index is 0. The van der Waals surface area contributed by atoms with Gasteiger partial charge < -0.3 is 11.0 Å². The molecule has 0 aromatic heterocycles. The quantitative estimate of drug-likeness (QED) is 0.442. The Balaban J connectivity index is 0.000000250. The molecule has 3 nitrogen and oxygen atoms in total. The molecule has 0 aromatic carbocycles. The van der Waals surface area contributed by atoms with Crippen molar-refractivity contribution in [1.82, 2.24) is 11.6 Å². The van der Waals surface area contributed by atoms with Crippen molar-refractivity contribution in [3.63, 3.8) is 0 Å². The van der Waals surface area contributed by atoms with Crippen molar-refractivity contribution in [2.45, 2.75) is 6.42 Å². The molecule has 1 saturated heterocycles. The summed E-state index contributed by atoms with van der Waals surface area (Å²) in [7, 11) is 0. The van der Waals surface area contributed by atoms with Crippen LogP contribution in [0.15, 0.2) is 0 Å². The summed E-state index contributed by atoms with van der Waals surface area (Å²) >= 11 is 0. The summed E-state index contributed by atoms with van der Waals surface area (Å²) in [5, 5.41) is 0. The van der Waals surface area contributed by atoms with Crippen molar-refractivity contribution in [3.8, 4) is 0 Å². The van der Waals surface area contributed by atoms with Crippen LogP contribution in [-0.4, -0.2) is 13.2 Å². The molecular weight excluding hydrogens is 80.0 g/mol. The second kappa shape index (κ2) is 3.08. The molecule has 6 heavy (non-hydrogen) atoms. The van der Waals surface area contributed by atoms with Crippen molar-refractivity contribution < 1.29 is 4.84 Å². The van der Waals surface area contributed by atoms with Crippen molar-refractivity contribution in [1.29, 1.82) is 0 Å². The smallest absolute Gasteiger partial charge is 0.0695 e. The molecule has 1 aliphatic rings. The lowest BCUT2D eigenvalue weighted by Gasteiger charge is -1.80. The van der Waals surface area contributed by atoms with Gasteiger partial charge in [0, 0.05) is 6.54 Å². The van der Waals surface area contributed by atoms with Gasteiger partial charge in [-0.2, -0.15) is 0 Å². The summed E-state index contributed by atoms with van der Waals surface area (Å²) in [4.78, 5) is 4.69. The molecule has 1 rings (SSSR count). The number of hydroxylamine groups is 1. The van der Waals surface area contributed by atoms with E-state index >= 15 is 0 Å². The maximum absolute atomic E-state index is 4.69. The van der Waals surface area contributed by atoms with Crippen LogP contribution in [0.5, 0.6) is 0 Å². The van der Waals surface area contributed by atoms with Gasteiger partial charge >= 0.3 is 0 Å². The van der Waals surface area contributed by atoms with E-state index in [1.54, 1.807) is 0 Å². The summed E-state index contributed by atoms with van der Waals surface area (Å²) in [5.41, 5.74) is 2.72. The molecule has 4 N–H and O–H groups in total. The molecule has 0 amide bonds. The van der Waals surface area contributed by atoms with E-state index in [4.69, 9.17) is 4.84 Å². The van der Waals surface area contributed by atoms with E-state index in [0.717, 1.165) is 13.2 Å². The molecule has 0 aromatic rings. The van der Waals surface area contributed by atoms with Crippen LogP contribution < -0.4 is 11.6 Å². The molecule has 3 heteroatoms. The van der Waals surface area contributed by atoms with Crippen molar-refractivity contribution in [3.05, 3.63) is 0 Å². The number of rotatable bonds is 0. The standard InChI is InChI=1S/C3H7NO.H3N/c1-2-4-5-3-1;/h4H,1-3H2;1H3. The van der Waals surface area contributed by atoms with E-state index in [-0.39, 0.29) is 6.15 Å². The molecule has 0 aliphatic carbocycles. The highest BCUT2D eigenvalue weighted by atomic mass is 16.6. The monoisotopic (exact) mass is 90.1 g/mol. The van der Waals surface area contributed by atoms with E-state index in [9.17, 15) is 0 Å². The highest BCUT2D eigenvalue weighted by molar-refractivity contribution is 4.40. The Labute approximate surface area is 37.2 Å². The molecule has 0 saturated carbocycles. The van der Waals surface area contributed by atoms with Crippen LogP contribution in [-0.2, 0) is 4.84 Å². The fourth-order valence-electron chi connectivity index (χ4n) is 0.361. The first-order chi connectivity index (χ1) is 2.50. The molecule has 1 heterocycles. The minimum Gasteiger partial charge on any atom is -0.344 e. The summed E-state index contributed by atoms with van der Waals surface area (Å²) < 4.78 is 0. The Hall–Kier alpha value is -0.120. The lowest BCUT2D eigenvalue weighted by atomic mass is 10.5. The van der Waals surface area contributed by atoms with E-state index < -0.39 is 0 Å². The Morgan fingerprint density at radius 2 is 2.33 bits per heavy atom. The lowest BCUT2D eigenvalue weighted by Crippen LogP contribution is -2.01. The normalized spacial score (nSPS) is 20.0. The van der Waals surface area contributed by atoms with Gasteiger partial charge in [0.25, 0.3) is 0 Å². The van der Waals surface area contributed by atoms with Crippen molar-refractivity contribution >= 4 is 0 Å². The van der Waals surface area contributed by atoms with Crippen LogP contribution in [0.25, 0.3) is 0 Å². The van der Waals surface area contributed by atoms with Crippen molar-refractivity contribution in [2.24, 2.45) is 0 Å². The van der Waals surface area contributed by atoms with Crippen LogP contribution in [0.2, 0.25) is 0 Å². The molecule has 0 unspecified atom stereocenters. The molecular formula is C3H10N2O. The van der Waals surface area contributed by atoms with E-state index in [0.29, 0.717) is 0 Å². The van der Waals surface area contributed by atoms with Gasteiger partial charge in [-0.3, -0.25) is 0 Å². The highest BCUT2D eigenvalue weighted by Crippen LogP contribution is 1.83. The SMILES string of the molecule is C1CNOC1.N. The fraction of sp³-hybridized carbons (Fsp3) is 1.00. The van der Waals surface area contributed by atoms with Gasteiger partial charge in [-0.15, -0.1) is 0 Å². The molecule has 1 aliphatic heterocycles. The molecule has 0 radical (unpaired) electrons. The molecule has 0 bridgehead atoms. The topological polar surface area (TPSA) is 56.3 Å². The zero-order valence-electron chi connectivity index (χ0n) is 3.74. The molecule has 38 valence electrons. The Bertz CT molecular complexity index is 20.4. The number of hydrogen-bond donors (Lipinski definition) is 2. The Morgan fingerprint density at radius 3 is 2.50 bits per heavy atom. The van der Waals surface area contributed by atoms with Gasteiger partial charge in [0.2, 0.25) is 0 Å². The predicted molar refractivity (Wildman–Crippen MR) is 23.6 cm³/mol. The Kier molecular flexibility index (Phi) is 3.02. The number of nitrogens with one attached hydrogen (secondary N) is 1. The van der Waals surface area contributed by atoms with E-state index in [2.05, 4.69) is 5.48 Å². The third-order valence-corrected chi connectivity index (χ3v) is 0.627. The third kappa shape index (κ3) is 1.35. The zero-order valence-corrected chi connectivity index (χ0v) is 3.74. The van der Waals surface area contributed by atoms with Crippen LogP contribution in [0.3, 0.4) is 0 Å². The maximum atomic E-state index is 4.69. The zero-order chi connectivity index (χ0) is 3.54. The largest absolute Gasteiger partial charge is 0.344 e. The first kappa shape index (κ1) is 5.88. The lowest BCUT2D eigenvalue weighted by molar-refractivity contribution is 0.103. The average molecular weight is 90.1 g/mol. The van der Waals surface area contributed by atoms with Crippen LogP contribution >= 0.6 is 0 Å². The molecule has 0 spiro atoms.